The number of rotatable bonds is 2. The summed E-state index contributed by atoms with van der Waals surface area (Å²) >= 11 is 0. The van der Waals surface area contributed by atoms with E-state index in [0.29, 0.717) is 22.2 Å². The maximum atomic E-state index is 13.2. The van der Waals surface area contributed by atoms with Crippen LogP contribution in [0.15, 0.2) is 30.6 Å². The van der Waals surface area contributed by atoms with Gasteiger partial charge in [0, 0.05) is 23.3 Å². The summed E-state index contributed by atoms with van der Waals surface area (Å²) in [6.07, 6.45) is -2.20. The van der Waals surface area contributed by atoms with E-state index in [1.165, 1.54) is 13.3 Å². The highest BCUT2D eigenvalue weighted by atomic mass is 19.4. The largest absolute Gasteiger partial charge is 0.495 e. The molecule has 7 heteroatoms. The summed E-state index contributed by atoms with van der Waals surface area (Å²) in [6, 6.07) is 5.18. The number of para-hydroxylation sites is 1. The second-order valence-electron chi connectivity index (χ2n) is 4.76. The first kappa shape index (κ1) is 14.4. The van der Waals surface area contributed by atoms with Crippen LogP contribution in [0, 0.1) is 6.92 Å². The molecular weight excluding hydrogens is 295 g/mol. The van der Waals surface area contributed by atoms with E-state index in [1.807, 2.05) is 0 Å². The van der Waals surface area contributed by atoms with Crippen LogP contribution in [-0.4, -0.2) is 22.1 Å². The molecular formula is C15H12F3N3O. The minimum atomic E-state index is -4.52. The van der Waals surface area contributed by atoms with Crippen molar-refractivity contribution in [3.05, 3.63) is 42.0 Å². The van der Waals surface area contributed by atoms with Crippen molar-refractivity contribution in [1.29, 1.82) is 0 Å². The Morgan fingerprint density at radius 1 is 1.23 bits per heavy atom. The Kier molecular flexibility index (Phi) is 3.27. The molecule has 1 N–H and O–H groups in total. The van der Waals surface area contributed by atoms with Crippen molar-refractivity contribution < 1.29 is 17.9 Å². The number of aromatic nitrogens is 3. The number of H-pyrrole nitrogens is 1. The van der Waals surface area contributed by atoms with Gasteiger partial charge in [0.15, 0.2) is 0 Å². The minimum absolute atomic E-state index is 0.139. The van der Waals surface area contributed by atoms with Gasteiger partial charge in [-0.1, -0.05) is 12.1 Å². The highest BCUT2D eigenvalue weighted by Crippen LogP contribution is 2.39. The minimum Gasteiger partial charge on any atom is -0.495 e. The lowest BCUT2D eigenvalue weighted by Gasteiger charge is -2.11. The second-order valence-corrected chi connectivity index (χ2v) is 4.76. The SMILES string of the molecule is COc1cccc2c(-c3nc(C)ncc3C(F)(F)F)c[nH]c12. The van der Waals surface area contributed by atoms with Gasteiger partial charge in [0.2, 0.25) is 0 Å². The van der Waals surface area contributed by atoms with Crippen molar-refractivity contribution in [3.8, 4) is 17.0 Å². The van der Waals surface area contributed by atoms with E-state index in [0.717, 1.165) is 6.20 Å². The normalized spacial score (nSPS) is 11.9. The smallest absolute Gasteiger partial charge is 0.419 e. The predicted octanol–water partition coefficient (Wildman–Crippen LogP) is 3.96. The molecule has 0 aliphatic carbocycles. The lowest BCUT2D eigenvalue weighted by atomic mass is 10.1. The van der Waals surface area contributed by atoms with Crippen molar-refractivity contribution in [2.24, 2.45) is 0 Å². The van der Waals surface area contributed by atoms with Gasteiger partial charge in [-0.05, 0) is 13.0 Å². The third-order valence-corrected chi connectivity index (χ3v) is 3.37. The molecule has 2 aromatic heterocycles. The van der Waals surface area contributed by atoms with Crippen molar-refractivity contribution in [2.45, 2.75) is 13.1 Å². The third kappa shape index (κ3) is 2.28. The number of hydrogen-bond donors (Lipinski definition) is 1. The molecule has 2 heterocycles. The fraction of sp³-hybridized carbons (Fsp3) is 0.200. The van der Waals surface area contributed by atoms with E-state index in [-0.39, 0.29) is 11.5 Å². The molecule has 1 aromatic carbocycles. The molecule has 4 nitrogen and oxygen atoms in total. The summed E-state index contributed by atoms with van der Waals surface area (Å²) < 4.78 is 44.8. The quantitative estimate of drug-likeness (QED) is 0.779. The van der Waals surface area contributed by atoms with E-state index >= 15 is 0 Å². The molecule has 0 bridgehead atoms. The number of nitrogens with one attached hydrogen (secondary N) is 1. The van der Waals surface area contributed by atoms with Gasteiger partial charge in [0.05, 0.1) is 18.3 Å². The molecule has 0 spiro atoms. The molecule has 0 aliphatic rings. The standard InChI is InChI=1S/C15H12F3N3O/c1-8-19-7-11(15(16,17)18)13(21-8)10-6-20-14-9(10)4-3-5-12(14)22-2/h3-7,20H,1-2H3. The van der Waals surface area contributed by atoms with Crippen molar-refractivity contribution in [1.82, 2.24) is 15.0 Å². The number of aryl methyl sites for hydroxylation is 1. The van der Waals surface area contributed by atoms with Crippen LogP contribution in [0.5, 0.6) is 5.75 Å². The monoisotopic (exact) mass is 307 g/mol. The molecule has 0 atom stereocenters. The van der Waals surface area contributed by atoms with Crippen LogP contribution in [0.1, 0.15) is 11.4 Å². The van der Waals surface area contributed by atoms with Crippen LogP contribution in [0.25, 0.3) is 22.2 Å². The summed E-state index contributed by atoms with van der Waals surface area (Å²) in [6.45, 7) is 1.55. The number of nitrogens with zero attached hydrogens (tertiary/aromatic N) is 2. The van der Waals surface area contributed by atoms with E-state index < -0.39 is 11.7 Å². The molecule has 0 fully saturated rings. The van der Waals surface area contributed by atoms with E-state index in [2.05, 4.69) is 15.0 Å². The maximum Gasteiger partial charge on any atom is 0.419 e. The second kappa shape index (κ2) is 5.01. The number of hydrogen-bond acceptors (Lipinski definition) is 3. The fourth-order valence-electron chi connectivity index (χ4n) is 2.38. The lowest BCUT2D eigenvalue weighted by molar-refractivity contribution is -0.137. The fourth-order valence-corrected chi connectivity index (χ4v) is 2.38. The molecule has 3 rings (SSSR count). The molecule has 0 unspecified atom stereocenters. The lowest BCUT2D eigenvalue weighted by Crippen LogP contribution is -2.10. The summed E-state index contributed by atoms with van der Waals surface area (Å²) in [4.78, 5) is 10.6. The van der Waals surface area contributed by atoms with Crippen molar-refractivity contribution >= 4 is 10.9 Å². The van der Waals surface area contributed by atoms with Gasteiger partial charge in [-0.3, -0.25) is 0 Å². The first-order chi connectivity index (χ1) is 10.4. The highest BCUT2D eigenvalue weighted by molar-refractivity contribution is 5.98. The van der Waals surface area contributed by atoms with Gasteiger partial charge >= 0.3 is 6.18 Å². The van der Waals surface area contributed by atoms with Gasteiger partial charge in [0.1, 0.15) is 17.1 Å². The number of benzene rings is 1. The molecule has 114 valence electrons. The van der Waals surface area contributed by atoms with Gasteiger partial charge in [-0.25, -0.2) is 9.97 Å². The Bertz CT molecular complexity index is 840. The molecule has 22 heavy (non-hydrogen) atoms. The van der Waals surface area contributed by atoms with Crippen LogP contribution in [-0.2, 0) is 6.18 Å². The summed E-state index contributed by atoms with van der Waals surface area (Å²) in [5, 5.41) is 0.614. The zero-order valence-electron chi connectivity index (χ0n) is 11.8. The average molecular weight is 307 g/mol. The molecule has 0 saturated heterocycles. The maximum absolute atomic E-state index is 13.2. The van der Waals surface area contributed by atoms with Crippen molar-refractivity contribution in [3.63, 3.8) is 0 Å². The zero-order chi connectivity index (χ0) is 15.9. The number of alkyl halides is 3. The summed E-state index contributed by atoms with van der Waals surface area (Å²) in [5.74, 6) is 0.836. The van der Waals surface area contributed by atoms with Crippen LogP contribution in [0.4, 0.5) is 13.2 Å². The molecule has 3 aromatic rings. The number of aromatic amines is 1. The Morgan fingerprint density at radius 3 is 2.68 bits per heavy atom. The number of ether oxygens (including phenoxy) is 1. The van der Waals surface area contributed by atoms with E-state index in [1.54, 1.807) is 25.1 Å². The third-order valence-electron chi connectivity index (χ3n) is 3.37. The average Bonchev–Trinajstić information content (AvgIpc) is 2.89. The van der Waals surface area contributed by atoms with Gasteiger partial charge < -0.3 is 9.72 Å². The Morgan fingerprint density at radius 2 is 2.00 bits per heavy atom. The molecule has 0 aliphatic heterocycles. The summed E-state index contributed by atoms with van der Waals surface area (Å²) in [5.41, 5.74) is -0.00237. The van der Waals surface area contributed by atoms with Gasteiger partial charge in [-0.15, -0.1) is 0 Å². The Balaban J connectivity index is 2.31. The Labute approximate surface area is 124 Å². The van der Waals surface area contributed by atoms with Crippen LogP contribution in [0.2, 0.25) is 0 Å². The number of fused-ring (bicyclic) bond motifs is 1. The van der Waals surface area contributed by atoms with Gasteiger partial charge in [-0.2, -0.15) is 13.2 Å². The highest BCUT2D eigenvalue weighted by Gasteiger charge is 2.35. The van der Waals surface area contributed by atoms with Crippen LogP contribution in [0.3, 0.4) is 0 Å². The summed E-state index contributed by atoms with van der Waals surface area (Å²) in [7, 11) is 1.51. The first-order valence-electron chi connectivity index (χ1n) is 6.47. The molecule has 0 radical (unpaired) electrons. The Hall–Kier alpha value is -2.57. The topological polar surface area (TPSA) is 50.8 Å². The van der Waals surface area contributed by atoms with E-state index in [9.17, 15) is 13.2 Å². The van der Waals surface area contributed by atoms with Crippen LogP contribution >= 0.6 is 0 Å². The predicted molar refractivity (Wildman–Crippen MR) is 75.6 cm³/mol. The van der Waals surface area contributed by atoms with Crippen LogP contribution < -0.4 is 4.74 Å². The zero-order valence-corrected chi connectivity index (χ0v) is 11.8. The number of halogens is 3. The number of methoxy groups -OCH3 is 1. The molecule has 0 amide bonds. The van der Waals surface area contributed by atoms with Crippen molar-refractivity contribution in [2.75, 3.05) is 7.11 Å². The van der Waals surface area contributed by atoms with E-state index in [4.69, 9.17) is 4.74 Å². The first-order valence-corrected chi connectivity index (χ1v) is 6.47. The van der Waals surface area contributed by atoms with Gasteiger partial charge in [0.25, 0.3) is 0 Å². The molecule has 0 saturated carbocycles.